The average molecular weight is 195 g/mol. The first-order valence-corrected chi connectivity index (χ1v) is 4.57. The molecule has 0 fully saturated rings. The lowest BCUT2D eigenvalue weighted by Crippen LogP contribution is -2.15. The molecule has 0 aromatic heterocycles. The third-order valence-electron chi connectivity index (χ3n) is 2.02. The molecule has 0 saturated heterocycles. The van der Waals surface area contributed by atoms with Gasteiger partial charge in [-0.15, -0.1) is 0 Å². The van der Waals surface area contributed by atoms with Crippen molar-refractivity contribution in [3.05, 3.63) is 34.9 Å². The van der Waals surface area contributed by atoms with Gasteiger partial charge in [0.25, 0.3) is 5.24 Å². The Bertz CT molecular complexity index is 323. The fourth-order valence-electron chi connectivity index (χ4n) is 1.09. The van der Waals surface area contributed by atoms with Crippen molar-refractivity contribution < 1.29 is 4.79 Å². The maximum atomic E-state index is 10.5. The molecule has 0 aliphatic heterocycles. The maximum absolute atomic E-state index is 10.5. The van der Waals surface area contributed by atoms with Crippen molar-refractivity contribution in [1.29, 1.82) is 0 Å². The van der Waals surface area contributed by atoms with Crippen LogP contribution in [0, 0.1) is 13.8 Å². The van der Waals surface area contributed by atoms with Crippen LogP contribution >= 0.6 is 12.6 Å². The molecule has 1 aromatic carbocycles. The number of hydrogen-bond donors (Lipinski definition) is 2. The minimum Gasteiger partial charge on any atom is -0.343 e. The number of thiol groups is 1. The lowest BCUT2D eigenvalue weighted by molar-refractivity contribution is 0.260. The third-order valence-corrected chi connectivity index (χ3v) is 2.17. The Kier molecular flexibility index (Phi) is 3.37. The molecule has 1 aromatic rings. The van der Waals surface area contributed by atoms with E-state index in [-0.39, 0.29) is 5.24 Å². The van der Waals surface area contributed by atoms with Crippen LogP contribution in [0.25, 0.3) is 0 Å². The van der Waals surface area contributed by atoms with E-state index in [2.05, 4.69) is 43.9 Å². The first-order valence-electron chi connectivity index (χ1n) is 4.12. The first-order chi connectivity index (χ1) is 6.09. The molecule has 0 unspecified atom stereocenters. The second-order valence-corrected chi connectivity index (χ2v) is 3.48. The summed E-state index contributed by atoms with van der Waals surface area (Å²) in [6, 6.07) is 6.13. The van der Waals surface area contributed by atoms with Gasteiger partial charge in [0, 0.05) is 6.54 Å². The summed E-state index contributed by atoms with van der Waals surface area (Å²) in [5.74, 6) is 0. The van der Waals surface area contributed by atoms with Crippen LogP contribution in [0.5, 0.6) is 0 Å². The predicted octanol–water partition coefficient (Wildman–Crippen LogP) is 2.44. The van der Waals surface area contributed by atoms with Crippen molar-refractivity contribution in [3.63, 3.8) is 0 Å². The third kappa shape index (κ3) is 3.11. The normalized spacial score (nSPS) is 9.77. The van der Waals surface area contributed by atoms with Crippen LogP contribution < -0.4 is 5.32 Å². The standard InChI is InChI=1S/C10H13NOS/c1-7-3-4-9(5-8(7)2)6-11-10(12)13/h3-5H,6H2,1-2H3,(H2,11,12,13). The summed E-state index contributed by atoms with van der Waals surface area (Å²) in [5, 5.41) is 2.34. The molecule has 0 aliphatic carbocycles. The van der Waals surface area contributed by atoms with Gasteiger partial charge in [0.15, 0.2) is 0 Å². The van der Waals surface area contributed by atoms with E-state index in [0.717, 1.165) is 5.56 Å². The van der Waals surface area contributed by atoms with Gasteiger partial charge in [-0.2, -0.15) is 0 Å². The zero-order valence-corrected chi connectivity index (χ0v) is 8.69. The molecule has 1 N–H and O–H groups in total. The Morgan fingerprint density at radius 1 is 1.38 bits per heavy atom. The quantitative estimate of drug-likeness (QED) is 0.697. The number of hydrogen-bond acceptors (Lipinski definition) is 1. The summed E-state index contributed by atoms with van der Waals surface area (Å²) < 4.78 is 0. The van der Waals surface area contributed by atoms with E-state index < -0.39 is 0 Å². The molecule has 13 heavy (non-hydrogen) atoms. The maximum Gasteiger partial charge on any atom is 0.276 e. The van der Waals surface area contributed by atoms with E-state index in [1.807, 2.05) is 6.07 Å². The predicted molar refractivity (Wildman–Crippen MR) is 57.1 cm³/mol. The molecule has 0 radical (unpaired) electrons. The van der Waals surface area contributed by atoms with Gasteiger partial charge in [-0.25, -0.2) is 0 Å². The highest BCUT2D eigenvalue weighted by Gasteiger charge is 1.97. The van der Waals surface area contributed by atoms with E-state index in [1.54, 1.807) is 0 Å². The molecule has 0 atom stereocenters. The monoisotopic (exact) mass is 195 g/mol. The second-order valence-electron chi connectivity index (χ2n) is 3.08. The van der Waals surface area contributed by atoms with Gasteiger partial charge in [-0.05, 0) is 30.5 Å². The molecular formula is C10H13NOS. The molecule has 0 heterocycles. The second kappa shape index (κ2) is 4.33. The van der Waals surface area contributed by atoms with E-state index >= 15 is 0 Å². The molecule has 1 amide bonds. The first kappa shape index (κ1) is 10.1. The number of benzene rings is 1. The molecule has 2 nitrogen and oxygen atoms in total. The highest BCUT2D eigenvalue weighted by Crippen LogP contribution is 2.09. The van der Waals surface area contributed by atoms with Gasteiger partial charge in [0.05, 0.1) is 0 Å². The summed E-state index contributed by atoms with van der Waals surface area (Å²) in [5.41, 5.74) is 3.61. The largest absolute Gasteiger partial charge is 0.343 e. The minimum atomic E-state index is -0.293. The van der Waals surface area contributed by atoms with Gasteiger partial charge in [-0.1, -0.05) is 30.8 Å². The molecule has 0 aliphatic rings. The lowest BCUT2D eigenvalue weighted by Gasteiger charge is -2.05. The van der Waals surface area contributed by atoms with Crippen LogP contribution in [0.15, 0.2) is 18.2 Å². The highest BCUT2D eigenvalue weighted by atomic mass is 32.1. The fraction of sp³-hybridized carbons (Fsp3) is 0.300. The highest BCUT2D eigenvalue weighted by molar-refractivity contribution is 7.96. The summed E-state index contributed by atoms with van der Waals surface area (Å²) in [6.45, 7) is 4.67. The van der Waals surface area contributed by atoms with Gasteiger partial charge in [0.2, 0.25) is 0 Å². The summed E-state index contributed by atoms with van der Waals surface area (Å²) >= 11 is 3.62. The van der Waals surface area contributed by atoms with Crippen LogP contribution in [-0.2, 0) is 6.54 Å². The van der Waals surface area contributed by atoms with Crippen LogP contribution in [0.1, 0.15) is 16.7 Å². The minimum absolute atomic E-state index is 0.293. The molecule has 0 bridgehead atoms. The average Bonchev–Trinajstić information content (AvgIpc) is 2.07. The van der Waals surface area contributed by atoms with Crippen molar-refractivity contribution in [2.75, 3.05) is 0 Å². The number of carbonyl (C=O) groups excluding carboxylic acids is 1. The Morgan fingerprint density at radius 2 is 2.08 bits per heavy atom. The molecule has 0 spiro atoms. The van der Waals surface area contributed by atoms with Gasteiger partial charge in [-0.3, -0.25) is 4.79 Å². The van der Waals surface area contributed by atoms with E-state index in [4.69, 9.17) is 0 Å². The van der Waals surface area contributed by atoms with E-state index in [0.29, 0.717) is 6.54 Å². The number of aryl methyl sites for hydroxylation is 2. The molecular weight excluding hydrogens is 182 g/mol. The van der Waals surface area contributed by atoms with Gasteiger partial charge < -0.3 is 5.32 Å². The van der Waals surface area contributed by atoms with Crippen molar-refractivity contribution >= 4 is 17.9 Å². The molecule has 70 valence electrons. The van der Waals surface area contributed by atoms with Crippen LogP contribution in [-0.4, -0.2) is 5.24 Å². The van der Waals surface area contributed by atoms with Crippen LogP contribution in [0.4, 0.5) is 4.79 Å². The molecule has 0 saturated carbocycles. The number of amides is 1. The molecule has 1 rings (SSSR count). The Balaban J connectivity index is 2.68. The summed E-state index contributed by atoms with van der Waals surface area (Å²) in [4.78, 5) is 10.5. The summed E-state index contributed by atoms with van der Waals surface area (Å²) in [7, 11) is 0. The van der Waals surface area contributed by atoms with Crippen LogP contribution in [0.2, 0.25) is 0 Å². The Hall–Kier alpha value is -0.960. The molecule has 3 heteroatoms. The van der Waals surface area contributed by atoms with Crippen molar-refractivity contribution in [1.82, 2.24) is 5.32 Å². The summed E-state index contributed by atoms with van der Waals surface area (Å²) in [6.07, 6.45) is 0. The lowest BCUT2D eigenvalue weighted by atomic mass is 10.1. The topological polar surface area (TPSA) is 29.1 Å². The number of carbonyl (C=O) groups is 1. The van der Waals surface area contributed by atoms with Crippen LogP contribution in [0.3, 0.4) is 0 Å². The SMILES string of the molecule is Cc1ccc(CNC(=O)S)cc1C. The number of rotatable bonds is 2. The van der Waals surface area contributed by atoms with Crippen molar-refractivity contribution in [2.24, 2.45) is 0 Å². The van der Waals surface area contributed by atoms with Crippen molar-refractivity contribution in [3.8, 4) is 0 Å². The zero-order chi connectivity index (χ0) is 9.84. The van der Waals surface area contributed by atoms with E-state index in [1.165, 1.54) is 11.1 Å². The Labute approximate surface area is 83.8 Å². The smallest absolute Gasteiger partial charge is 0.276 e. The van der Waals surface area contributed by atoms with Gasteiger partial charge >= 0.3 is 0 Å². The van der Waals surface area contributed by atoms with E-state index in [9.17, 15) is 4.79 Å². The Morgan fingerprint density at radius 3 is 2.62 bits per heavy atom. The van der Waals surface area contributed by atoms with Gasteiger partial charge in [0.1, 0.15) is 0 Å². The fourth-order valence-corrected chi connectivity index (χ4v) is 1.17. The zero-order valence-electron chi connectivity index (χ0n) is 7.79. The number of nitrogens with one attached hydrogen (secondary N) is 1. The van der Waals surface area contributed by atoms with Crippen molar-refractivity contribution in [2.45, 2.75) is 20.4 Å².